The maximum atomic E-state index is 12.5. The summed E-state index contributed by atoms with van der Waals surface area (Å²) in [5.41, 5.74) is 6.58. The maximum Gasteiger partial charge on any atom is 0.223 e. The zero-order valence-corrected chi connectivity index (χ0v) is 16.1. The number of hydrogen-bond donors (Lipinski definition) is 1. The van der Waals surface area contributed by atoms with Crippen molar-refractivity contribution in [2.24, 2.45) is 11.1 Å². The third-order valence-electron chi connectivity index (χ3n) is 5.45. The Balaban J connectivity index is 0.00000243. The van der Waals surface area contributed by atoms with Crippen LogP contribution in [0.3, 0.4) is 0 Å². The van der Waals surface area contributed by atoms with Gasteiger partial charge in [0.25, 0.3) is 0 Å². The van der Waals surface area contributed by atoms with Gasteiger partial charge in [-0.15, -0.1) is 12.4 Å². The molecule has 0 bridgehead atoms. The first-order valence-electron chi connectivity index (χ1n) is 8.94. The molecule has 7 heteroatoms. The third-order valence-corrected chi connectivity index (χ3v) is 5.45. The third kappa shape index (κ3) is 4.48. The zero-order chi connectivity index (χ0) is 17.9. The van der Waals surface area contributed by atoms with Crippen molar-refractivity contribution >= 4 is 24.2 Å². The van der Waals surface area contributed by atoms with E-state index in [-0.39, 0.29) is 29.6 Å². The first kappa shape index (κ1) is 20.5. The maximum absolute atomic E-state index is 12.5. The van der Waals surface area contributed by atoms with Gasteiger partial charge >= 0.3 is 0 Å². The molecule has 6 nitrogen and oxygen atoms in total. The Morgan fingerprint density at radius 3 is 2.69 bits per heavy atom. The fourth-order valence-electron chi connectivity index (χ4n) is 3.96. The molecular formula is C19H28ClN3O3. The number of nitrogens with two attached hydrogens (primary N) is 1. The van der Waals surface area contributed by atoms with Crippen molar-refractivity contribution in [3.05, 3.63) is 29.8 Å². The first-order valence-corrected chi connectivity index (χ1v) is 8.94. The number of rotatable bonds is 5. The second-order valence-corrected chi connectivity index (χ2v) is 7.20. The van der Waals surface area contributed by atoms with Crippen molar-refractivity contribution in [3.63, 3.8) is 0 Å². The number of carbonyl (C=O) groups is 2. The van der Waals surface area contributed by atoms with Gasteiger partial charge in [0, 0.05) is 51.0 Å². The molecule has 144 valence electrons. The van der Waals surface area contributed by atoms with E-state index in [2.05, 4.69) is 0 Å². The van der Waals surface area contributed by atoms with Crippen LogP contribution in [0.2, 0.25) is 0 Å². The smallest absolute Gasteiger partial charge is 0.223 e. The first-order chi connectivity index (χ1) is 12.0. The number of halogens is 1. The van der Waals surface area contributed by atoms with Crippen LogP contribution in [0.4, 0.5) is 0 Å². The minimum atomic E-state index is 0. The number of likely N-dealkylation sites (tertiary alicyclic amines) is 2. The van der Waals surface area contributed by atoms with E-state index < -0.39 is 0 Å². The lowest BCUT2D eigenvalue weighted by Crippen LogP contribution is -2.44. The van der Waals surface area contributed by atoms with Crippen molar-refractivity contribution in [2.45, 2.75) is 32.2 Å². The Morgan fingerprint density at radius 1 is 1.31 bits per heavy atom. The monoisotopic (exact) mass is 381 g/mol. The summed E-state index contributed by atoms with van der Waals surface area (Å²) in [5, 5.41) is 0. The quantitative estimate of drug-likeness (QED) is 0.843. The summed E-state index contributed by atoms with van der Waals surface area (Å²) in [4.78, 5) is 28.4. The minimum Gasteiger partial charge on any atom is -0.497 e. The second-order valence-electron chi connectivity index (χ2n) is 7.20. The second kappa shape index (κ2) is 8.73. The van der Waals surface area contributed by atoms with Crippen LogP contribution >= 0.6 is 12.4 Å². The van der Waals surface area contributed by atoms with Crippen LogP contribution in [0.1, 0.15) is 31.2 Å². The summed E-state index contributed by atoms with van der Waals surface area (Å²) < 4.78 is 5.26. The van der Waals surface area contributed by atoms with Crippen LogP contribution in [-0.2, 0) is 16.1 Å². The molecule has 26 heavy (non-hydrogen) atoms. The Bertz CT molecular complexity index is 645. The minimum absolute atomic E-state index is 0. The molecule has 2 aliphatic rings. The predicted octanol–water partition coefficient (Wildman–Crippen LogP) is 1.81. The van der Waals surface area contributed by atoms with Gasteiger partial charge in [0.2, 0.25) is 11.8 Å². The van der Waals surface area contributed by atoms with Crippen LogP contribution in [0, 0.1) is 5.41 Å². The SMILES string of the molecule is COc1cccc(CN2CC3(CCN(C(=O)CCN)CC3)CC2=O)c1.Cl. The lowest BCUT2D eigenvalue weighted by molar-refractivity contribution is -0.133. The number of nitrogens with zero attached hydrogens (tertiary/aromatic N) is 2. The van der Waals surface area contributed by atoms with Gasteiger partial charge in [-0.1, -0.05) is 12.1 Å². The number of methoxy groups -OCH3 is 1. The zero-order valence-electron chi connectivity index (χ0n) is 15.3. The molecule has 0 saturated carbocycles. The molecule has 0 aliphatic carbocycles. The van der Waals surface area contributed by atoms with Crippen molar-refractivity contribution in [3.8, 4) is 5.75 Å². The fraction of sp³-hybridized carbons (Fsp3) is 0.579. The molecule has 2 fully saturated rings. The van der Waals surface area contributed by atoms with Crippen LogP contribution in [0.5, 0.6) is 5.75 Å². The molecule has 1 aromatic rings. The molecular weight excluding hydrogens is 354 g/mol. The summed E-state index contributed by atoms with van der Waals surface area (Å²) in [5.74, 6) is 1.16. The highest BCUT2D eigenvalue weighted by molar-refractivity contribution is 5.85. The summed E-state index contributed by atoms with van der Waals surface area (Å²) in [7, 11) is 1.65. The van der Waals surface area contributed by atoms with E-state index in [0.29, 0.717) is 25.9 Å². The molecule has 1 spiro atoms. The van der Waals surface area contributed by atoms with Crippen molar-refractivity contribution < 1.29 is 14.3 Å². The summed E-state index contributed by atoms with van der Waals surface area (Å²) in [6.45, 7) is 3.26. The molecule has 0 unspecified atom stereocenters. The van der Waals surface area contributed by atoms with Crippen LogP contribution in [0.15, 0.2) is 24.3 Å². The van der Waals surface area contributed by atoms with Gasteiger partial charge in [-0.3, -0.25) is 9.59 Å². The van der Waals surface area contributed by atoms with Crippen LogP contribution in [-0.4, -0.2) is 54.9 Å². The molecule has 2 amide bonds. The van der Waals surface area contributed by atoms with Crippen molar-refractivity contribution in [1.29, 1.82) is 0 Å². The fourth-order valence-corrected chi connectivity index (χ4v) is 3.96. The van der Waals surface area contributed by atoms with Crippen molar-refractivity contribution in [1.82, 2.24) is 9.80 Å². The van der Waals surface area contributed by atoms with E-state index in [9.17, 15) is 9.59 Å². The van der Waals surface area contributed by atoms with Gasteiger partial charge in [-0.25, -0.2) is 0 Å². The molecule has 0 atom stereocenters. The molecule has 2 saturated heterocycles. The number of hydrogen-bond acceptors (Lipinski definition) is 4. The standard InChI is InChI=1S/C19H27N3O3.ClH/c1-25-16-4-2-3-15(11-16)13-22-14-19(12-18(22)24)6-9-21(10-7-19)17(23)5-8-20;/h2-4,11H,5-10,12-14,20H2,1H3;1H. The normalized spacial score (nSPS) is 18.8. The number of piperidine rings is 1. The Kier molecular flexibility index (Phi) is 6.89. The van der Waals surface area contributed by atoms with E-state index in [1.165, 1.54) is 0 Å². The highest BCUT2D eigenvalue weighted by atomic mass is 35.5. The van der Waals surface area contributed by atoms with Crippen molar-refractivity contribution in [2.75, 3.05) is 33.3 Å². The molecule has 1 aromatic carbocycles. The topological polar surface area (TPSA) is 75.9 Å². The Hall–Kier alpha value is -1.79. The number of amides is 2. The number of ether oxygens (including phenoxy) is 1. The summed E-state index contributed by atoms with van der Waals surface area (Å²) in [6, 6.07) is 7.86. The Morgan fingerprint density at radius 2 is 2.04 bits per heavy atom. The molecule has 3 rings (SSSR count). The highest BCUT2D eigenvalue weighted by Crippen LogP contribution is 2.41. The van der Waals surface area contributed by atoms with Crippen LogP contribution < -0.4 is 10.5 Å². The largest absolute Gasteiger partial charge is 0.497 e. The summed E-state index contributed by atoms with van der Waals surface area (Å²) >= 11 is 0. The average molecular weight is 382 g/mol. The predicted molar refractivity (Wildman–Crippen MR) is 102 cm³/mol. The molecule has 2 heterocycles. The lowest BCUT2D eigenvalue weighted by Gasteiger charge is -2.38. The highest BCUT2D eigenvalue weighted by Gasteiger charge is 2.45. The van der Waals surface area contributed by atoms with E-state index in [0.717, 1.165) is 43.8 Å². The van der Waals surface area contributed by atoms with Gasteiger partial charge in [0.05, 0.1) is 7.11 Å². The molecule has 2 aliphatic heterocycles. The molecule has 0 aromatic heterocycles. The Labute approximate surface area is 161 Å². The van der Waals surface area contributed by atoms with Gasteiger partial charge in [0.1, 0.15) is 5.75 Å². The average Bonchev–Trinajstić information content (AvgIpc) is 2.91. The summed E-state index contributed by atoms with van der Waals surface area (Å²) in [6.07, 6.45) is 2.79. The van der Waals surface area contributed by atoms with Crippen LogP contribution in [0.25, 0.3) is 0 Å². The van der Waals surface area contributed by atoms with Gasteiger partial charge in [-0.2, -0.15) is 0 Å². The van der Waals surface area contributed by atoms with E-state index >= 15 is 0 Å². The molecule has 2 N–H and O–H groups in total. The van der Waals surface area contributed by atoms with Gasteiger partial charge in [0.15, 0.2) is 0 Å². The number of benzene rings is 1. The van der Waals surface area contributed by atoms with E-state index in [1.807, 2.05) is 34.1 Å². The molecule has 0 radical (unpaired) electrons. The van der Waals surface area contributed by atoms with Gasteiger partial charge in [-0.05, 0) is 30.5 Å². The van der Waals surface area contributed by atoms with Gasteiger partial charge < -0.3 is 20.3 Å². The lowest BCUT2D eigenvalue weighted by atomic mass is 9.77. The van der Waals surface area contributed by atoms with E-state index in [1.54, 1.807) is 7.11 Å². The number of carbonyl (C=O) groups excluding carboxylic acids is 2. The van der Waals surface area contributed by atoms with E-state index in [4.69, 9.17) is 10.5 Å².